The summed E-state index contributed by atoms with van der Waals surface area (Å²) >= 11 is 11.6. The molecule has 0 amide bonds. The predicted octanol–water partition coefficient (Wildman–Crippen LogP) is 2.79. The molecule has 19 heavy (non-hydrogen) atoms. The average molecular weight is 300 g/mol. The third kappa shape index (κ3) is 3.05. The van der Waals surface area contributed by atoms with E-state index >= 15 is 0 Å². The monoisotopic (exact) mass is 299 g/mol. The Kier molecular flexibility index (Phi) is 4.07. The Bertz CT molecular complexity index is 608. The SMILES string of the molecule is Cc1nn(C)c(Cl)c1C(=O)OCc1ccc(Cl)nc1. The molecular weight excluding hydrogens is 289 g/mol. The third-order valence-corrected chi connectivity index (χ3v) is 3.17. The van der Waals surface area contributed by atoms with Crippen LogP contribution in [0.2, 0.25) is 10.3 Å². The van der Waals surface area contributed by atoms with Crippen molar-refractivity contribution in [2.24, 2.45) is 7.05 Å². The summed E-state index contributed by atoms with van der Waals surface area (Å²) in [6, 6.07) is 3.37. The van der Waals surface area contributed by atoms with E-state index in [1.165, 1.54) is 4.68 Å². The second-order valence-electron chi connectivity index (χ2n) is 3.94. The molecule has 0 unspecified atom stereocenters. The van der Waals surface area contributed by atoms with E-state index in [4.69, 9.17) is 27.9 Å². The fraction of sp³-hybridized carbons (Fsp3) is 0.250. The van der Waals surface area contributed by atoms with Crippen LogP contribution in [0.15, 0.2) is 18.3 Å². The quantitative estimate of drug-likeness (QED) is 0.646. The molecule has 0 saturated heterocycles. The van der Waals surface area contributed by atoms with E-state index in [-0.39, 0.29) is 17.3 Å². The first-order valence-electron chi connectivity index (χ1n) is 5.45. The highest BCUT2D eigenvalue weighted by molar-refractivity contribution is 6.32. The summed E-state index contributed by atoms with van der Waals surface area (Å²) in [7, 11) is 1.66. The number of pyridine rings is 1. The van der Waals surface area contributed by atoms with E-state index in [0.717, 1.165) is 5.56 Å². The summed E-state index contributed by atoms with van der Waals surface area (Å²) < 4.78 is 6.60. The van der Waals surface area contributed by atoms with Crippen molar-refractivity contribution in [3.8, 4) is 0 Å². The first-order chi connectivity index (χ1) is 8.99. The number of rotatable bonds is 3. The van der Waals surface area contributed by atoms with Crippen LogP contribution in [0.25, 0.3) is 0 Å². The topological polar surface area (TPSA) is 57.0 Å². The Morgan fingerprint density at radius 3 is 2.68 bits per heavy atom. The summed E-state index contributed by atoms with van der Waals surface area (Å²) in [5.74, 6) is -0.509. The number of halogens is 2. The standard InChI is InChI=1S/C12H11Cl2N3O2/c1-7-10(11(14)17(2)16-7)12(18)19-6-8-3-4-9(13)15-5-8/h3-5H,6H2,1-2H3. The molecule has 0 radical (unpaired) electrons. The molecule has 100 valence electrons. The second kappa shape index (κ2) is 5.59. The lowest BCUT2D eigenvalue weighted by atomic mass is 10.2. The molecular formula is C12H11Cl2N3O2. The predicted molar refractivity (Wildman–Crippen MR) is 71.3 cm³/mol. The van der Waals surface area contributed by atoms with Gasteiger partial charge >= 0.3 is 5.97 Å². The van der Waals surface area contributed by atoms with Crippen molar-refractivity contribution < 1.29 is 9.53 Å². The molecule has 5 nitrogen and oxygen atoms in total. The van der Waals surface area contributed by atoms with Crippen molar-refractivity contribution in [2.75, 3.05) is 0 Å². The van der Waals surface area contributed by atoms with E-state index in [9.17, 15) is 4.79 Å². The molecule has 0 atom stereocenters. The maximum atomic E-state index is 11.9. The maximum Gasteiger partial charge on any atom is 0.343 e. The van der Waals surface area contributed by atoms with E-state index in [2.05, 4.69) is 10.1 Å². The van der Waals surface area contributed by atoms with Gasteiger partial charge < -0.3 is 4.74 Å². The van der Waals surface area contributed by atoms with E-state index in [0.29, 0.717) is 10.8 Å². The van der Waals surface area contributed by atoms with Gasteiger partial charge in [0.1, 0.15) is 22.5 Å². The van der Waals surface area contributed by atoms with Gasteiger partial charge in [0, 0.05) is 18.8 Å². The summed E-state index contributed by atoms with van der Waals surface area (Å²) in [6.07, 6.45) is 1.55. The van der Waals surface area contributed by atoms with E-state index < -0.39 is 5.97 Å². The van der Waals surface area contributed by atoms with Crippen LogP contribution in [0.1, 0.15) is 21.6 Å². The highest BCUT2D eigenvalue weighted by Gasteiger charge is 2.20. The van der Waals surface area contributed by atoms with Crippen LogP contribution in [-0.4, -0.2) is 20.7 Å². The first-order valence-corrected chi connectivity index (χ1v) is 6.21. The summed E-state index contributed by atoms with van der Waals surface area (Å²) in [5, 5.41) is 4.70. The van der Waals surface area contributed by atoms with Crippen molar-refractivity contribution >= 4 is 29.2 Å². The first kappa shape index (κ1) is 13.8. The Morgan fingerprint density at radius 1 is 1.42 bits per heavy atom. The van der Waals surface area contributed by atoms with Crippen LogP contribution in [0.5, 0.6) is 0 Å². The maximum absolute atomic E-state index is 11.9. The minimum Gasteiger partial charge on any atom is -0.457 e. The molecule has 0 aromatic carbocycles. The number of carbonyl (C=O) groups excluding carboxylic acids is 1. The number of aryl methyl sites for hydroxylation is 2. The van der Waals surface area contributed by atoms with Crippen LogP contribution in [-0.2, 0) is 18.4 Å². The molecule has 7 heteroatoms. The molecule has 2 aromatic heterocycles. The minimum absolute atomic E-state index is 0.105. The molecule has 0 fully saturated rings. The fourth-order valence-corrected chi connectivity index (χ4v) is 1.94. The van der Waals surface area contributed by atoms with Crippen LogP contribution < -0.4 is 0 Å². The van der Waals surface area contributed by atoms with Crippen molar-refractivity contribution in [2.45, 2.75) is 13.5 Å². The highest BCUT2D eigenvalue weighted by Crippen LogP contribution is 2.20. The number of nitrogens with zero attached hydrogens (tertiary/aromatic N) is 3. The van der Waals surface area contributed by atoms with Gasteiger partial charge in [-0.05, 0) is 13.0 Å². The zero-order chi connectivity index (χ0) is 14.0. The van der Waals surface area contributed by atoms with Crippen LogP contribution in [0.3, 0.4) is 0 Å². The Morgan fingerprint density at radius 2 is 2.16 bits per heavy atom. The Labute approximate surface area is 120 Å². The average Bonchev–Trinajstić information content (AvgIpc) is 2.62. The number of carbonyl (C=O) groups is 1. The number of aromatic nitrogens is 3. The van der Waals surface area contributed by atoms with Gasteiger partial charge in [0.25, 0.3) is 0 Å². The number of hydrogen-bond donors (Lipinski definition) is 0. The molecule has 0 N–H and O–H groups in total. The lowest BCUT2D eigenvalue weighted by Gasteiger charge is -2.04. The normalized spacial score (nSPS) is 10.5. The largest absolute Gasteiger partial charge is 0.457 e. The van der Waals surface area contributed by atoms with Gasteiger partial charge in [0.15, 0.2) is 0 Å². The van der Waals surface area contributed by atoms with Gasteiger partial charge in [-0.3, -0.25) is 4.68 Å². The van der Waals surface area contributed by atoms with Crippen LogP contribution >= 0.6 is 23.2 Å². The molecule has 0 aliphatic heterocycles. The highest BCUT2D eigenvalue weighted by atomic mass is 35.5. The molecule has 0 aliphatic carbocycles. The summed E-state index contributed by atoms with van der Waals surface area (Å²) in [4.78, 5) is 15.8. The van der Waals surface area contributed by atoms with Gasteiger partial charge in [-0.15, -0.1) is 0 Å². The Balaban J connectivity index is 2.07. The molecule has 0 aliphatic rings. The summed E-state index contributed by atoms with van der Waals surface area (Å²) in [6.45, 7) is 1.81. The van der Waals surface area contributed by atoms with Crippen LogP contribution in [0, 0.1) is 6.92 Å². The molecule has 2 aromatic rings. The fourth-order valence-electron chi connectivity index (χ4n) is 1.57. The number of ether oxygens (including phenoxy) is 1. The van der Waals surface area contributed by atoms with Gasteiger partial charge in [0.2, 0.25) is 0 Å². The van der Waals surface area contributed by atoms with Crippen molar-refractivity contribution in [3.63, 3.8) is 0 Å². The lowest BCUT2D eigenvalue weighted by molar-refractivity contribution is 0.0471. The smallest absolute Gasteiger partial charge is 0.343 e. The molecule has 2 heterocycles. The van der Waals surface area contributed by atoms with Gasteiger partial charge in [-0.25, -0.2) is 9.78 Å². The zero-order valence-electron chi connectivity index (χ0n) is 10.4. The molecule has 0 saturated carbocycles. The molecule has 2 rings (SSSR count). The second-order valence-corrected chi connectivity index (χ2v) is 4.69. The van der Waals surface area contributed by atoms with Crippen molar-refractivity contribution in [1.82, 2.24) is 14.8 Å². The van der Waals surface area contributed by atoms with E-state index in [1.54, 1.807) is 32.3 Å². The molecule has 0 spiro atoms. The van der Waals surface area contributed by atoms with Crippen LogP contribution in [0.4, 0.5) is 0 Å². The molecule has 0 bridgehead atoms. The van der Waals surface area contributed by atoms with Crippen molar-refractivity contribution in [3.05, 3.63) is 45.5 Å². The van der Waals surface area contributed by atoms with Crippen molar-refractivity contribution in [1.29, 1.82) is 0 Å². The summed E-state index contributed by atoms with van der Waals surface area (Å²) in [5.41, 5.74) is 1.56. The van der Waals surface area contributed by atoms with Gasteiger partial charge in [0.05, 0.1) is 5.69 Å². The van der Waals surface area contributed by atoms with Gasteiger partial charge in [-0.1, -0.05) is 29.3 Å². The number of hydrogen-bond acceptors (Lipinski definition) is 4. The lowest BCUT2D eigenvalue weighted by Crippen LogP contribution is -2.07. The number of esters is 1. The van der Waals surface area contributed by atoms with Gasteiger partial charge in [-0.2, -0.15) is 5.10 Å². The van der Waals surface area contributed by atoms with E-state index in [1.807, 2.05) is 0 Å². The Hall–Kier alpha value is -1.59. The minimum atomic E-state index is -0.509. The third-order valence-electron chi connectivity index (χ3n) is 2.51. The zero-order valence-corrected chi connectivity index (χ0v) is 11.9.